The van der Waals surface area contributed by atoms with Gasteiger partial charge >= 0.3 is 0 Å². The van der Waals surface area contributed by atoms with Crippen LogP contribution in [0.2, 0.25) is 0 Å². The highest BCUT2D eigenvalue weighted by Gasteiger charge is 2.28. The fourth-order valence-electron chi connectivity index (χ4n) is 2.27. The van der Waals surface area contributed by atoms with Gasteiger partial charge in [0.1, 0.15) is 6.61 Å². The summed E-state index contributed by atoms with van der Waals surface area (Å²) < 4.78 is 16.5. The van der Waals surface area contributed by atoms with Crippen molar-refractivity contribution in [1.29, 1.82) is 0 Å². The molecule has 2 rings (SSSR count). The minimum atomic E-state index is 0.456. The summed E-state index contributed by atoms with van der Waals surface area (Å²) in [5.41, 5.74) is 0. The zero-order valence-corrected chi connectivity index (χ0v) is 11.7. The summed E-state index contributed by atoms with van der Waals surface area (Å²) in [6.45, 7) is 4.36. The molecule has 1 N–H and O–H groups in total. The number of nitrogens with one attached hydrogen (secondary N) is 1. The molecule has 1 fully saturated rings. The van der Waals surface area contributed by atoms with Crippen LogP contribution in [0.5, 0.6) is 11.5 Å². The predicted octanol–water partition coefficient (Wildman–Crippen LogP) is 2.23. The zero-order valence-electron chi connectivity index (χ0n) is 11.7. The standard InChI is InChI=1S/C15H23NO3/c1-3-18-13-10-12(11-13)16-8-9-19-15-7-5-4-6-14(15)17-2/h4-7,12-13,16H,3,8-11H2,1-2H3. The second-order valence-electron chi connectivity index (χ2n) is 4.70. The van der Waals surface area contributed by atoms with Gasteiger partial charge in [0.25, 0.3) is 0 Å². The summed E-state index contributed by atoms with van der Waals surface area (Å²) in [6, 6.07) is 8.29. The molecule has 0 atom stereocenters. The van der Waals surface area contributed by atoms with Crippen molar-refractivity contribution in [3.8, 4) is 11.5 Å². The van der Waals surface area contributed by atoms with Crippen LogP contribution in [0, 0.1) is 0 Å². The molecular formula is C15H23NO3. The van der Waals surface area contributed by atoms with Gasteiger partial charge in [0, 0.05) is 19.2 Å². The van der Waals surface area contributed by atoms with E-state index in [1.54, 1.807) is 7.11 Å². The van der Waals surface area contributed by atoms with Gasteiger partial charge in [-0.3, -0.25) is 0 Å². The summed E-state index contributed by atoms with van der Waals surface area (Å²) in [5, 5.41) is 3.47. The van der Waals surface area contributed by atoms with Gasteiger partial charge in [0.05, 0.1) is 13.2 Å². The molecule has 0 spiro atoms. The van der Waals surface area contributed by atoms with E-state index in [1.807, 2.05) is 31.2 Å². The molecule has 0 amide bonds. The molecule has 0 aromatic heterocycles. The molecule has 0 unspecified atom stereocenters. The van der Waals surface area contributed by atoms with Crippen LogP contribution in [0.4, 0.5) is 0 Å². The first-order chi connectivity index (χ1) is 9.33. The van der Waals surface area contributed by atoms with Crippen molar-refractivity contribution in [1.82, 2.24) is 5.32 Å². The quantitative estimate of drug-likeness (QED) is 0.732. The molecule has 1 aromatic carbocycles. The maximum Gasteiger partial charge on any atom is 0.161 e. The largest absolute Gasteiger partial charge is 0.493 e. The predicted molar refractivity (Wildman–Crippen MR) is 74.9 cm³/mol. The maximum atomic E-state index is 5.70. The molecule has 0 aliphatic heterocycles. The van der Waals surface area contributed by atoms with Gasteiger partial charge in [-0.05, 0) is 31.9 Å². The van der Waals surface area contributed by atoms with Crippen LogP contribution in [0.15, 0.2) is 24.3 Å². The van der Waals surface area contributed by atoms with Gasteiger partial charge in [-0.1, -0.05) is 12.1 Å². The first kappa shape index (κ1) is 14.2. The lowest BCUT2D eigenvalue weighted by molar-refractivity contribution is -0.0103. The van der Waals surface area contributed by atoms with E-state index in [4.69, 9.17) is 14.2 Å². The fraction of sp³-hybridized carbons (Fsp3) is 0.600. The van der Waals surface area contributed by atoms with Crippen LogP contribution < -0.4 is 14.8 Å². The Morgan fingerprint density at radius 2 is 1.95 bits per heavy atom. The molecule has 1 aliphatic carbocycles. The third-order valence-corrected chi connectivity index (χ3v) is 3.36. The molecule has 106 valence electrons. The average Bonchev–Trinajstić information content (AvgIpc) is 2.40. The van der Waals surface area contributed by atoms with Gasteiger partial charge in [-0.15, -0.1) is 0 Å². The topological polar surface area (TPSA) is 39.7 Å². The van der Waals surface area contributed by atoms with Crippen molar-refractivity contribution < 1.29 is 14.2 Å². The molecule has 4 heteroatoms. The Morgan fingerprint density at radius 3 is 2.63 bits per heavy atom. The lowest BCUT2D eigenvalue weighted by Gasteiger charge is -2.35. The Labute approximate surface area is 115 Å². The van der Waals surface area contributed by atoms with E-state index in [0.29, 0.717) is 18.8 Å². The van der Waals surface area contributed by atoms with Crippen molar-refractivity contribution in [2.24, 2.45) is 0 Å². The monoisotopic (exact) mass is 265 g/mol. The minimum absolute atomic E-state index is 0.456. The Morgan fingerprint density at radius 1 is 1.21 bits per heavy atom. The van der Waals surface area contributed by atoms with Crippen LogP contribution in [0.3, 0.4) is 0 Å². The molecule has 19 heavy (non-hydrogen) atoms. The van der Waals surface area contributed by atoms with Crippen molar-refractivity contribution in [3.05, 3.63) is 24.3 Å². The second kappa shape index (κ2) is 7.36. The van der Waals surface area contributed by atoms with Crippen LogP contribution in [0.25, 0.3) is 0 Å². The van der Waals surface area contributed by atoms with Crippen LogP contribution in [-0.4, -0.2) is 39.0 Å². The van der Waals surface area contributed by atoms with Crippen molar-refractivity contribution in [3.63, 3.8) is 0 Å². The summed E-state index contributed by atoms with van der Waals surface area (Å²) in [6.07, 6.45) is 2.68. The highest BCUT2D eigenvalue weighted by molar-refractivity contribution is 5.39. The lowest BCUT2D eigenvalue weighted by atomic mass is 9.89. The number of hydrogen-bond donors (Lipinski definition) is 1. The highest BCUT2D eigenvalue weighted by atomic mass is 16.5. The van der Waals surface area contributed by atoms with E-state index in [-0.39, 0.29) is 0 Å². The van der Waals surface area contributed by atoms with Gasteiger partial charge in [-0.2, -0.15) is 0 Å². The minimum Gasteiger partial charge on any atom is -0.493 e. The van der Waals surface area contributed by atoms with E-state index < -0.39 is 0 Å². The molecule has 4 nitrogen and oxygen atoms in total. The third kappa shape index (κ3) is 4.11. The number of hydrogen-bond acceptors (Lipinski definition) is 4. The van der Waals surface area contributed by atoms with Crippen LogP contribution >= 0.6 is 0 Å². The van der Waals surface area contributed by atoms with Crippen LogP contribution in [-0.2, 0) is 4.74 Å². The first-order valence-corrected chi connectivity index (χ1v) is 6.94. The maximum absolute atomic E-state index is 5.70. The molecule has 0 bridgehead atoms. The number of benzene rings is 1. The SMILES string of the molecule is CCOC1CC(NCCOc2ccccc2OC)C1. The van der Waals surface area contributed by atoms with Gasteiger partial charge in [0.15, 0.2) is 11.5 Å². The van der Waals surface area contributed by atoms with E-state index in [2.05, 4.69) is 5.32 Å². The summed E-state index contributed by atoms with van der Waals surface area (Å²) in [7, 11) is 1.66. The first-order valence-electron chi connectivity index (χ1n) is 6.94. The Balaban J connectivity index is 1.60. The summed E-state index contributed by atoms with van der Waals surface area (Å²) in [4.78, 5) is 0. The van der Waals surface area contributed by atoms with Crippen molar-refractivity contribution in [2.45, 2.75) is 31.9 Å². The lowest BCUT2D eigenvalue weighted by Crippen LogP contribution is -2.46. The van der Waals surface area contributed by atoms with Crippen molar-refractivity contribution >= 4 is 0 Å². The Hall–Kier alpha value is -1.26. The molecular weight excluding hydrogens is 242 g/mol. The number of methoxy groups -OCH3 is 1. The average molecular weight is 265 g/mol. The molecule has 0 saturated heterocycles. The fourth-order valence-corrected chi connectivity index (χ4v) is 2.27. The zero-order chi connectivity index (χ0) is 13.5. The number of para-hydroxylation sites is 2. The summed E-state index contributed by atoms with van der Waals surface area (Å²) in [5.74, 6) is 1.58. The molecule has 1 aromatic rings. The van der Waals surface area contributed by atoms with E-state index in [9.17, 15) is 0 Å². The molecule has 1 saturated carbocycles. The van der Waals surface area contributed by atoms with Gasteiger partial charge in [0.2, 0.25) is 0 Å². The smallest absolute Gasteiger partial charge is 0.161 e. The summed E-state index contributed by atoms with van der Waals surface area (Å²) >= 11 is 0. The van der Waals surface area contributed by atoms with E-state index in [1.165, 1.54) is 0 Å². The Bertz CT molecular complexity index is 377. The van der Waals surface area contributed by atoms with Gasteiger partial charge < -0.3 is 19.5 Å². The second-order valence-corrected chi connectivity index (χ2v) is 4.70. The number of ether oxygens (including phenoxy) is 3. The third-order valence-electron chi connectivity index (χ3n) is 3.36. The van der Waals surface area contributed by atoms with Crippen molar-refractivity contribution in [2.75, 3.05) is 26.9 Å². The number of rotatable bonds is 8. The molecule has 0 heterocycles. The van der Waals surface area contributed by atoms with E-state index in [0.717, 1.165) is 37.5 Å². The molecule has 0 radical (unpaired) electrons. The normalized spacial score (nSPS) is 21.8. The highest BCUT2D eigenvalue weighted by Crippen LogP contribution is 2.26. The van der Waals surface area contributed by atoms with E-state index >= 15 is 0 Å². The Kier molecular flexibility index (Phi) is 5.48. The van der Waals surface area contributed by atoms with Crippen LogP contribution in [0.1, 0.15) is 19.8 Å². The van der Waals surface area contributed by atoms with Gasteiger partial charge in [-0.25, -0.2) is 0 Å². The molecule has 1 aliphatic rings.